The summed E-state index contributed by atoms with van der Waals surface area (Å²) in [7, 11) is 0. The number of nitrogens with two attached hydrogens (primary N) is 1. The molecule has 2 heterocycles. The molecule has 2 N–H and O–H groups in total. The normalized spacial score (nSPS) is 20.4. The number of anilines is 1. The van der Waals surface area contributed by atoms with Crippen LogP contribution < -0.4 is 10.6 Å². The summed E-state index contributed by atoms with van der Waals surface area (Å²) in [5.41, 5.74) is 8.00. The first-order valence-corrected chi connectivity index (χ1v) is 7.49. The number of rotatable bonds is 4. The molecule has 1 aliphatic heterocycles. The molecule has 1 aliphatic rings. The lowest BCUT2D eigenvalue weighted by molar-refractivity contribution is 0.564. The molecule has 106 valence electrons. The van der Waals surface area contributed by atoms with Gasteiger partial charge >= 0.3 is 0 Å². The highest BCUT2D eigenvalue weighted by atomic mass is 15.3. The summed E-state index contributed by atoms with van der Waals surface area (Å²) in [6, 6.07) is 0.362. The zero-order chi connectivity index (χ0) is 13.7. The van der Waals surface area contributed by atoms with Gasteiger partial charge in [0, 0.05) is 19.1 Å². The maximum absolute atomic E-state index is 5.91. The van der Waals surface area contributed by atoms with Crippen LogP contribution in [0, 0.1) is 0 Å². The molecule has 0 aliphatic carbocycles. The van der Waals surface area contributed by atoms with E-state index in [1.165, 1.54) is 19.3 Å². The standard InChI is InChI=1S/C14H25N5/c1-3-12-13(4-2)17-18-14(16-12)19-9-7-5-6-8-11(19)10-15/h11H,3-10,15H2,1-2H3. The van der Waals surface area contributed by atoms with E-state index in [9.17, 15) is 0 Å². The second-order valence-corrected chi connectivity index (χ2v) is 5.14. The Balaban J connectivity index is 2.27. The topological polar surface area (TPSA) is 67.9 Å². The third-order valence-electron chi connectivity index (χ3n) is 3.90. The van der Waals surface area contributed by atoms with Gasteiger partial charge in [-0.25, -0.2) is 4.98 Å². The van der Waals surface area contributed by atoms with Gasteiger partial charge in [0.25, 0.3) is 0 Å². The van der Waals surface area contributed by atoms with E-state index < -0.39 is 0 Å². The van der Waals surface area contributed by atoms with Crippen LogP contribution in [-0.4, -0.2) is 34.3 Å². The van der Waals surface area contributed by atoms with Gasteiger partial charge < -0.3 is 10.6 Å². The number of aromatic nitrogens is 3. The van der Waals surface area contributed by atoms with Gasteiger partial charge in [0.05, 0.1) is 11.4 Å². The van der Waals surface area contributed by atoms with Crippen molar-refractivity contribution in [3.05, 3.63) is 11.4 Å². The lowest BCUT2D eigenvalue weighted by Crippen LogP contribution is -2.41. The molecule has 0 spiro atoms. The molecular formula is C14H25N5. The quantitative estimate of drug-likeness (QED) is 0.895. The average Bonchev–Trinajstić information content (AvgIpc) is 2.71. The van der Waals surface area contributed by atoms with Gasteiger partial charge in [-0.1, -0.05) is 26.7 Å². The molecule has 1 atom stereocenters. The van der Waals surface area contributed by atoms with Gasteiger partial charge in [-0.05, 0) is 25.7 Å². The third kappa shape index (κ3) is 3.21. The monoisotopic (exact) mass is 263 g/mol. The van der Waals surface area contributed by atoms with Crippen molar-refractivity contribution >= 4 is 5.95 Å². The summed E-state index contributed by atoms with van der Waals surface area (Å²) < 4.78 is 0. The molecule has 1 aromatic heterocycles. The highest BCUT2D eigenvalue weighted by molar-refractivity contribution is 5.32. The molecule has 5 heteroatoms. The highest BCUT2D eigenvalue weighted by Gasteiger charge is 2.23. The Morgan fingerprint density at radius 2 is 1.89 bits per heavy atom. The molecule has 1 fully saturated rings. The van der Waals surface area contributed by atoms with Crippen molar-refractivity contribution in [3.63, 3.8) is 0 Å². The minimum atomic E-state index is 0.362. The lowest BCUT2D eigenvalue weighted by atomic mass is 10.1. The van der Waals surface area contributed by atoms with Crippen LogP contribution in [0.25, 0.3) is 0 Å². The van der Waals surface area contributed by atoms with Crippen molar-refractivity contribution in [2.45, 2.75) is 58.4 Å². The van der Waals surface area contributed by atoms with Crippen molar-refractivity contribution in [1.29, 1.82) is 0 Å². The molecule has 19 heavy (non-hydrogen) atoms. The van der Waals surface area contributed by atoms with E-state index in [4.69, 9.17) is 10.7 Å². The van der Waals surface area contributed by atoms with Gasteiger partial charge in [-0.3, -0.25) is 0 Å². The van der Waals surface area contributed by atoms with Crippen LogP contribution in [0.5, 0.6) is 0 Å². The van der Waals surface area contributed by atoms with Gasteiger partial charge in [0.2, 0.25) is 5.95 Å². The minimum Gasteiger partial charge on any atom is -0.335 e. The summed E-state index contributed by atoms with van der Waals surface area (Å²) in [6.07, 6.45) is 6.65. The molecular weight excluding hydrogens is 238 g/mol. The molecule has 1 saturated heterocycles. The first-order chi connectivity index (χ1) is 9.30. The fraction of sp³-hybridized carbons (Fsp3) is 0.786. The minimum absolute atomic E-state index is 0.362. The molecule has 0 saturated carbocycles. The molecule has 0 bridgehead atoms. The van der Waals surface area contributed by atoms with Crippen molar-refractivity contribution in [2.24, 2.45) is 5.73 Å². The van der Waals surface area contributed by atoms with Crippen molar-refractivity contribution < 1.29 is 0 Å². The fourth-order valence-corrected chi connectivity index (χ4v) is 2.74. The van der Waals surface area contributed by atoms with Crippen molar-refractivity contribution in [3.8, 4) is 0 Å². The third-order valence-corrected chi connectivity index (χ3v) is 3.90. The fourth-order valence-electron chi connectivity index (χ4n) is 2.74. The van der Waals surface area contributed by atoms with Gasteiger partial charge in [0.1, 0.15) is 0 Å². The number of hydrogen-bond donors (Lipinski definition) is 1. The second-order valence-electron chi connectivity index (χ2n) is 5.14. The molecule has 2 rings (SSSR count). The van der Waals surface area contributed by atoms with Crippen LogP contribution in [0.3, 0.4) is 0 Å². The molecule has 1 aromatic rings. The van der Waals surface area contributed by atoms with Crippen LogP contribution in [0.2, 0.25) is 0 Å². The summed E-state index contributed by atoms with van der Waals surface area (Å²) in [4.78, 5) is 6.98. The SMILES string of the molecule is CCc1nnc(N2CCCCCC2CN)nc1CC. The zero-order valence-corrected chi connectivity index (χ0v) is 12.1. The Bertz CT molecular complexity index is 407. The Labute approximate surface area is 115 Å². The highest BCUT2D eigenvalue weighted by Crippen LogP contribution is 2.21. The number of aryl methyl sites for hydroxylation is 2. The van der Waals surface area contributed by atoms with Crippen LogP contribution in [0.1, 0.15) is 50.9 Å². The van der Waals surface area contributed by atoms with Crippen LogP contribution >= 0.6 is 0 Å². The number of hydrogen-bond acceptors (Lipinski definition) is 5. The van der Waals surface area contributed by atoms with Crippen LogP contribution in [0.15, 0.2) is 0 Å². The summed E-state index contributed by atoms with van der Waals surface area (Å²) in [5, 5.41) is 8.68. The Morgan fingerprint density at radius 3 is 2.58 bits per heavy atom. The van der Waals surface area contributed by atoms with E-state index in [0.717, 1.165) is 43.1 Å². The molecule has 0 aromatic carbocycles. The lowest BCUT2D eigenvalue weighted by Gasteiger charge is -2.29. The van der Waals surface area contributed by atoms with E-state index in [1.807, 2.05) is 0 Å². The first-order valence-electron chi connectivity index (χ1n) is 7.49. The molecule has 5 nitrogen and oxygen atoms in total. The summed E-state index contributed by atoms with van der Waals surface area (Å²) in [5.74, 6) is 0.770. The Hall–Kier alpha value is -1.23. The number of nitrogens with zero attached hydrogens (tertiary/aromatic N) is 4. The molecule has 0 amide bonds. The zero-order valence-electron chi connectivity index (χ0n) is 12.1. The second kappa shape index (κ2) is 6.80. The van der Waals surface area contributed by atoms with Crippen LogP contribution in [-0.2, 0) is 12.8 Å². The maximum atomic E-state index is 5.91. The maximum Gasteiger partial charge on any atom is 0.245 e. The molecule has 1 unspecified atom stereocenters. The van der Waals surface area contributed by atoms with Crippen molar-refractivity contribution in [2.75, 3.05) is 18.0 Å². The summed E-state index contributed by atoms with van der Waals surface area (Å²) in [6.45, 7) is 5.88. The van der Waals surface area contributed by atoms with Crippen molar-refractivity contribution in [1.82, 2.24) is 15.2 Å². The average molecular weight is 263 g/mol. The Morgan fingerprint density at radius 1 is 1.11 bits per heavy atom. The Kier molecular flexibility index (Phi) is 5.07. The van der Waals surface area contributed by atoms with E-state index in [0.29, 0.717) is 12.6 Å². The predicted molar refractivity (Wildman–Crippen MR) is 77.2 cm³/mol. The summed E-state index contributed by atoms with van der Waals surface area (Å²) >= 11 is 0. The van der Waals surface area contributed by atoms with Gasteiger partial charge in [-0.2, -0.15) is 5.10 Å². The largest absolute Gasteiger partial charge is 0.335 e. The van der Waals surface area contributed by atoms with E-state index >= 15 is 0 Å². The molecule has 0 radical (unpaired) electrons. The van der Waals surface area contributed by atoms with Gasteiger partial charge in [0.15, 0.2) is 0 Å². The van der Waals surface area contributed by atoms with E-state index in [-0.39, 0.29) is 0 Å². The van der Waals surface area contributed by atoms with E-state index in [1.54, 1.807) is 0 Å². The van der Waals surface area contributed by atoms with E-state index in [2.05, 4.69) is 28.9 Å². The smallest absolute Gasteiger partial charge is 0.245 e. The first kappa shape index (κ1) is 14.2. The van der Waals surface area contributed by atoms with Crippen LogP contribution in [0.4, 0.5) is 5.95 Å². The van der Waals surface area contributed by atoms with Gasteiger partial charge in [-0.15, -0.1) is 5.10 Å². The predicted octanol–water partition coefficient (Wildman–Crippen LogP) is 1.70.